The molecule has 0 aromatic heterocycles. The lowest BCUT2D eigenvalue weighted by Crippen LogP contribution is -2.39. The van der Waals surface area contributed by atoms with Crippen LogP contribution >= 0.6 is 0 Å². The molecular formula is C19H21N3O6S. The lowest BCUT2D eigenvalue weighted by Gasteiger charge is -2.26. The topological polar surface area (TPSA) is 119 Å². The van der Waals surface area contributed by atoms with Crippen LogP contribution in [0.25, 0.3) is 0 Å². The maximum Gasteiger partial charge on any atom is 0.301 e. The van der Waals surface area contributed by atoms with Gasteiger partial charge in [0.05, 0.1) is 12.0 Å². The average Bonchev–Trinajstić information content (AvgIpc) is 2.73. The number of nitrogens with zero attached hydrogens (tertiary/aromatic N) is 2. The van der Waals surface area contributed by atoms with Crippen molar-refractivity contribution in [2.45, 2.75) is 19.3 Å². The van der Waals surface area contributed by atoms with Crippen LogP contribution < -0.4 is 9.46 Å². The molecule has 0 radical (unpaired) electrons. The summed E-state index contributed by atoms with van der Waals surface area (Å²) in [6.07, 6.45) is 2.41. The third-order valence-corrected chi connectivity index (χ3v) is 6.22. The standard InChI is InChI=1S/C19H21N3O6S/c1-28-16-8-5-14(6-9-16)19(23)15-7-10-18(22(24)25)17(13-15)20-29(26,27)21-11-3-2-4-12-21/h5-10,13,20H,2-4,11-12H2,1H3. The quantitative estimate of drug-likeness (QED) is 0.419. The fourth-order valence-electron chi connectivity index (χ4n) is 3.14. The number of anilines is 1. The highest BCUT2D eigenvalue weighted by molar-refractivity contribution is 7.90. The molecule has 1 fully saturated rings. The van der Waals surface area contributed by atoms with Crippen LogP contribution in [0.2, 0.25) is 0 Å². The predicted octanol–water partition coefficient (Wildman–Crippen LogP) is 2.98. The molecule has 1 aliphatic rings. The van der Waals surface area contributed by atoms with E-state index in [0.29, 0.717) is 24.4 Å². The van der Waals surface area contributed by atoms with Crippen LogP contribution in [0, 0.1) is 10.1 Å². The molecule has 2 aromatic rings. The van der Waals surface area contributed by atoms with E-state index in [1.54, 1.807) is 24.3 Å². The van der Waals surface area contributed by atoms with Gasteiger partial charge in [0.1, 0.15) is 11.4 Å². The number of hydrogen-bond acceptors (Lipinski definition) is 6. The number of nitro groups is 1. The SMILES string of the molecule is COc1ccc(C(=O)c2ccc([N+](=O)[O-])c(NS(=O)(=O)N3CCCCC3)c2)cc1. The van der Waals surface area contributed by atoms with Gasteiger partial charge in [-0.15, -0.1) is 0 Å². The maximum absolute atomic E-state index is 12.7. The number of piperidine rings is 1. The Morgan fingerprint density at radius 1 is 1.07 bits per heavy atom. The summed E-state index contributed by atoms with van der Waals surface area (Å²) in [5, 5.41) is 11.4. The number of nitro benzene ring substituents is 1. The second-order valence-corrected chi connectivity index (χ2v) is 8.28. The molecule has 0 bridgehead atoms. The Kier molecular flexibility index (Phi) is 6.14. The number of carbonyl (C=O) groups excluding carboxylic acids is 1. The van der Waals surface area contributed by atoms with E-state index in [2.05, 4.69) is 4.72 Å². The van der Waals surface area contributed by atoms with E-state index >= 15 is 0 Å². The van der Waals surface area contributed by atoms with Crippen LogP contribution in [0.15, 0.2) is 42.5 Å². The fourth-order valence-corrected chi connectivity index (χ4v) is 4.45. The van der Waals surface area contributed by atoms with Gasteiger partial charge in [-0.25, -0.2) is 0 Å². The van der Waals surface area contributed by atoms with Crippen molar-refractivity contribution in [1.82, 2.24) is 4.31 Å². The zero-order chi connectivity index (χ0) is 21.0. The molecule has 0 spiro atoms. The summed E-state index contributed by atoms with van der Waals surface area (Å²) < 4.78 is 33.9. The van der Waals surface area contributed by atoms with Crippen molar-refractivity contribution in [3.63, 3.8) is 0 Å². The number of methoxy groups -OCH3 is 1. The van der Waals surface area contributed by atoms with Gasteiger partial charge in [-0.3, -0.25) is 19.6 Å². The summed E-state index contributed by atoms with van der Waals surface area (Å²) in [6, 6.07) is 10.0. The zero-order valence-corrected chi connectivity index (χ0v) is 16.6. The first kappa shape index (κ1) is 20.7. The van der Waals surface area contributed by atoms with E-state index in [-0.39, 0.29) is 17.0 Å². The predicted molar refractivity (Wildman–Crippen MR) is 107 cm³/mol. The Morgan fingerprint density at radius 3 is 2.28 bits per heavy atom. The smallest absolute Gasteiger partial charge is 0.301 e. The van der Waals surface area contributed by atoms with Gasteiger partial charge in [0.2, 0.25) is 0 Å². The summed E-state index contributed by atoms with van der Waals surface area (Å²) in [6.45, 7) is 0.710. The largest absolute Gasteiger partial charge is 0.497 e. The van der Waals surface area contributed by atoms with Crippen molar-refractivity contribution in [3.8, 4) is 5.75 Å². The molecule has 0 atom stereocenters. The van der Waals surface area contributed by atoms with Gasteiger partial charge in [-0.05, 0) is 49.2 Å². The van der Waals surface area contributed by atoms with Gasteiger partial charge in [0.15, 0.2) is 5.78 Å². The Hall–Kier alpha value is -2.98. The van der Waals surface area contributed by atoms with Crippen LogP contribution in [-0.4, -0.2) is 43.6 Å². The van der Waals surface area contributed by atoms with Crippen LogP contribution in [-0.2, 0) is 10.2 Å². The number of carbonyl (C=O) groups is 1. The molecule has 2 aromatic carbocycles. The van der Waals surface area contributed by atoms with Crippen molar-refractivity contribution in [2.75, 3.05) is 24.9 Å². The summed E-state index contributed by atoms with van der Waals surface area (Å²) >= 11 is 0. The minimum absolute atomic E-state index is 0.136. The highest BCUT2D eigenvalue weighted by atomic mass is 32.2. The molecule has 0 unspecified atom stereocenters. The van der Waals surface area contributed by atoms with Crippen molar-refractivity contribution < 1.29 is 22.9 Å². The number of hydrogen-bond donors (Lipinski definition) is 1. The summed E-state index contributed by atoms with van der Waals surface area (Å²) in [4.78, 5) is 23.4. The van der Waals surface area contributed by atoms with Gasteiger partial charge < -0.3 is 4.74 Å². The molecule has 0 amide bonds. The Bertz CT molecular complexity index is 1010. The van der Waals surface area contributed by atoms with E-state index in [4.69, 9.17) is 4.74 Å². The third kappa shape index (κ3) is 4.72. The number of nitrogens with one attached hydrogen (secondary N) is 1. The van der Waals surface area contributed by atoms with Gasteiger partial charge in [-0.2, -0.15) is 12.7 Å². The molecule has 1 heterocycles. The number of ketones is 1. The van der Waals surface area contributed by atoms with Crippen molar-refractivity contribution in [2.24, 2.45) is 0 Å². The molecule has 1 saturated heterocycles. The molecule has 9 nitrogen and oxygen atoms in total. The third-order valence-electron chi connectivity index (χ3n) is 4.70. The van der Waals surface area contributed by atoms with E-state index in [9.17, 15) is 23.3 Å². The van der Waals surface area contributed by atoms with Gasteiger partial charge in [0, 0.05) is 30.3 Å². The van der Waals surface area contributed by atoms with Crippen molar-refractivity contribution in [3.05, 3.63) is 63.7 Å². The van der Waals surface area contributed by atoms with Crippen molar-refractivity contribution >= 4 is 27.4 Å². The molecule has 29 heavy (non-hydrogen) atoms. The molecular weight excluding hydrogens is 398 g/mol. The first-order valence-corrected chi connectivity index (χ1v) is 10.5. The molecule has 1 aliphatic heterocycles. The first-order chi connectivity index (χ1) is 13.8. The Balaban J connectivity index is 1.93. The molecule has 0 aliphatic carbocycles. The van der Waals surface area contributed by atoms with Crippen LogP contribution in [0.1, 0.15) is 35.2 Å². The van der Waals surface area contributed by atoms with Crippen molar-refractivity contribution in [1.29, 1.82) is 0 Å². The fraction of sp³-hybridized carbons (Fsp3) is 0.316. The Labute approximate surface area is 168 Å². The number of benzene rings is 2. The molecule has 1 N–H and O–H groups in total. The summed E-state index contributed by atoms with van der Waals surface area (Å²) in [7, 11) is -2.45. The summed E-state index contributed by atoms with van der Waals surface area (Å²) in [5.74, 6) is 0.196. The maximum atomic E-state index is 12.7. The zero-order valence-electron chi connectivity index (χ0n) is 15.8. The normalized spacial score (nSPS) is 14.9. The molecule has 3 rings (SSSR count). The monoisotopic (exact) mass is 419 g/mol. The highest BCUT2D eigenvalue weighted by Gasteiger charge is 2.27. The van der Waals surface area contributed by atoms with E-state index < -0.39 is 20.8 Å². The second-order valence-electron chi connectivity index (χ2n) is 6.61. The first-order valence-electron chi connectivity index (χ1n) is 9.07. The molecule has 154 valence electrons. The number of ether oxygens (including phenoxy) is 1. The van der Waals surface area contributed by atoms with Crippen LogP contribution in [0.5, 0.6) is 5.75 Å². The molecule has 0 saturated carbocycles. The highest BCUT2D eigenvalue weighted by Crippen LogP contribution is 2.29. The number of rotatable bonds is 7. The second kappa shape index (κ2) is 8.58. The van der Waals surface area contributed by atoms with E-state index in [1.807, 2.05) is 0 Å². The minimum Gasteiger partial charge on any atom is -0.497 e. The van der Waals surface area contributed by atoms with Crippen LogP contribution in [0.4, 0.5) is 11.4 Å². The summed E-state index contributed by atoms with van der Waals surface area (Å²) in [5.41, 5.74) is -0.168. The minimum atomic E-state index is -3.96. The Morgan fingerprint density at radius 2 is 1.69 bits per heavy atom. The van der Waals surface area contributed by atoms with E-state index in [0.717, 1.165) is 25.3 Å². The molecule has 10 heteroatoms. The van der Waals surface area contributed by atoms with Crippen LogP contribution in [0.3, 0.4) is 0 Å². The lowest BCUT2D eigenvalue weighted by molar-refractivity contribution is -0.383. The average molecular weight is 419 g/mol. The lowest BCUT2D eigenvalue weighted by atomic mass is 10.0. The van der Waals surface area contributed by atoms with Gasteiger partial charge in [-0.1, -0.05) is 6.42 Å². The van der Waals surface area contributed by atoms with E-state index in [1.165, 1.54) is 23.5 Å². The van der Waals surface area contributed by atoms with Gasteiger partial charge in [0.25, 0.3) is 5.69 Å². The van der Waals surface area contributed by atoms with Gasteiger partial charge >= 0.3 is 10.2 Å².